The molecule has 1 unspecified atom stereocenters. The maximum absolute atomic E-state index is 13.6. The van der Waals surface area contributed by atoms with Crippen molar-refractivity contribution in [2.75, 3.05) is 31.5 Å². The van der Waals surface area contributed by atoms with Crippen LogP contribution in [0.2, 0.25) is 0 Å². The van der Waals surface area contributed by atoms with E-state index in [-0.39, 0.29) is 36.7 Å². The van der Waals surface area contributed by atoms with Gasteiger partial charge in [0.25, 0.3) is 0 Å². The predicted octanol–water partition coefficient (Wildman–Crippen LogP) is 3.45. The molecule has 1 fully saturated rings. The first kappa shape index (κ1) is 20.4. The molecule has 2 aromatic rings. The van der Waals surface area contributed by atoms with Crippen LogP contribution in [-0.2, 0) is 4.79 Å². The van der Waals surface area contributed by atoms with Gasteiger partial charge in [0.2, 0.25) is 5.91 Å². The summed E-state index contributed by atoms with van der Waals surface area (Å²) in [6.45, 7) is 6.56. The molecule has 140 valence electrons. The van der Waals surface area contributed by atoms with Crippen molar-refractivity contribution in [3.8, 4) is 0 Å². The molecule has 1 aliphatic rings. The summed E-state index contributed by atoms with van der Waals surface area (Å²) in [7, 11) is 0. The van der Waals surface area contributed by atoms with Gasteiger partial charge in [0.15, 0.2) is 0 Å². The van der Waals surface area contributed by atoms with Crippen molar-refractivity contribution in [2.45, 2.75) is 19.9 Å². The molecule has 1 saturated heterocycles. The minimum absolute atomic E-state index is 0. The van der Waals surface area contributed by atoms with Gasteiger partial charge >= 0.3 is 0 Å². The summed E-state index contributed by atoms with van der Waals surface area (Å²) < 4.78 is 13.6. The highest BCUT2D eigenvalue weighted by Crippen LogP contribution is 2.23. The lowest BCUT2D eigenvalue weighted by Gasteiger charge is -2.36. The molecule has 2 N–H and O–H groups in total. The van der Waals surface area contributed by atoms with Gasteiger partial charge in [0.1, 0.15) is 5.82 Å². The fourth-order valence-electron chi connectivity index (χ4n) is 3.22. The molecular weight excluding hydrogens is 353 g/mol. The molecule has 0 aromatic heterocycles. The third kappa shape index (κ3) is 5.04. The zero-order chi connectivity index (χ0) is 17.8. The summed E-state index contributed by atoms with van der Waals surface area (Å²) in [5.74, 6) is -0.292. The molecule has 4 nitrogen and oxygen atoms in total. The summed E-state index contributed by atoms with van der Waals surface area (Å²) in [5.41, 5.74) is 3.90. The molecule has 1 amide bonds. The number of hydrogen-bond donors (Lipinski definition) is 2. The number of carbonyl (C=O) groups excluding carboxylic acids is 1. The van der Waals surface area contributed by atoms with Crippen LogP contribution in [0.5, 0.6) is 0 Å². The van der Waals surface area contributed by atoms with Crippen molar-refractivity contribution in [3.05, 3.63) is 65.0 Å². The van der Waals surface area contributed by atoms with Gasteiger partial charge < -0.3 is 10.6 Å². The van der Waals surface area contributed by atoms with Gasteiger partial charge in [-0.05, 0) is 48.7 Å². The molecule has 0 spiro atoms. The zero-order valence-corrected chi connectivity index (χ0v) is 15.9. The highest BCUT2D eigenvalue weighted by Gasteiger charge is 2.25. The Labute approximate surface area is 160 Å². The Morgan fingerprint density at radius 2 is 2.08 bits per heavy atom. The minimum Gasteiger partial charge on any atom is -0.325 e. The van der Waals surface area contributed by atoms with Gasteiger partial charge in [0, 0.05) is 31.4 Å². The fraction of sp³-hybridized carbons (Fsp3) is 0.350. The van der Waals surface area contributed by atoms with Crippen LogP contribution in [0.3, 0.4) is 0 Å². The molecule has 3 rings (SSSR count). The second kappa shape index (κ2) is 9.12. The SMILES string of the molecule is Cc1ccc(C)c(NC(=O)CN2CCNCC2c2cccc(F)c2)c1.Cl. The maximum atomic E-state index is 13.6. The van der Waals surface area contributed by atoms with Gasteiger partial charge in [-0.2, -0.15) is 0 Å². The second-order valence-corrected chi connectivity index (χ2v) is 6.61. The van der Waals surface area contributed by atoms with Crippen LogP contribution in [0, 0.1) is 19.7 Å². The first-order chi connectivity index (χ1) is 12.0. The average molecular weight is 378 g/mol. The van der Waals surface area contributed by atoms with Crippen LogP contribution in [-0.4, -0.2) is 37.0 Å². The Bertz CT molecular complexity index is 768. The lowest BCUT2D eigenvalue weighted by molar-refractivity contribution is -0.118. The number of carbonyl (C=O) groups is 1. The monoisotopic (exact) mass is 377 g/mol. The van der Waals surface area contributed by atoms with E-state index in [9.17, 15) is 9.18 Å². The summed E-state index contributed by atoms with van der Waals surface area (Å²) in [6, 6.07) is 12.6. The molecule has 0 radical (unpaired) electrons. The van der Waals surface area contributed by atoms with Gasteiger partial charge in [0.05, 0.1) is 6.54 Å². The van der Waals surface area contributed by atoms with Gasteiger partial charge in [-0.25, -0.2) is 4.39 Å². The van der Waals surface area contributed by atoms with Crippen molar-refractivity contribution < 1.29 is 9.18 Å². The molecule has 26 heavy (non-hydrogen) atoms. The number of halogens is 2. The number of hydrogen-bond acceptors (Lipinski definition) is 3. The van der Waals surface area contributed by atoms with Crippen molar-refractivity contribution >= 4 is 24.0 Å². The summed E-state index contributed by atoms with van der Waals surface area (Å²) in [5, 5.41) is 6.33. The number of anilines is 1. The highest BCUT2D eigenvalue weighted by atomic mass is 35.5. The van der Waals surface area contributed by atoms with Crippen molar-refractivity contribution in [1.29, 1.82) is 0 Å². The minimum atomic E-state index is -0.247. The van der Waals surface area contributed by atoms with E-state index in [4.69, 9.17) is 0 Å². The smallest absolute Gasteiger partial charge is 0.238 e. The lowest BCUT2D eigenvalue weighted by Crippen LogP contribution is -2.48. The van der Waals surface area contributed by atoms with E-state index in [1.807, 2.05) is 38.1 Å². The normalized spacial score (nSPS) is 17.4. The molecule has 0 aliphatic carbocycles. The largest absolute Gasteiger partial charge is 0.325 e. The summed E-state index contributed by atoms with van der Waals surface area (Å²) >= 11 is 0. The Hall–Kier alpha value is -1.95. The van der Waals surface area contributed by atoms with Crippen molar-refractivity contribution in [1.82, 2.24) is 10.2 Å². The van der Waals surface area contributed by atoms with Crippen LogP contribution in [0.15, 0.2) is 42.5 Å². The summed E-state index contributed by atoms with van der Waals surface area (Å²) in [6.07, 6.45) is 0. The van der Waals surface area contributed by atoms with E-state index in [2.05, 4.69) is 15.5 Å². The van der Waals surface area contributed by atoms with Crippen LogP contribution < -0.4 is 10.6 Å². The van der Waals surface area contributed by atoms with Crippen LogP contribution in [0.4, 0.5) is 10.1 Å². The maximum Gasteiger partial charge on any atom is 0.238 e. The molecule has 0 saturated carbocycles. The molecule has 0 bridgehead atoms. The van der Waals surface area contributed by atoms with E-state index in [0.717, 1.165) is 35.5 Å². The Balaban J connectivity index is 0.00000243. The van der Waals surface area contributed by atoms with E-state index in [1.165, 1.54) is 6.07 Å². The Morgan fingerprint density at radius 3 is 2.85 bits per heavy atom. The van der Waals surface area contributed by atoms with Crippen molar-refractivity contribution in [2.24, 2.45) is 0 Å². The molecular formula is C20H25ClFN3O. The Kier molecular flexibility index (Phi) is 7.14. The van der Waals surface area contributed by atoms with Crippen LogP contribution in [0.25, 0.3) is 0 Å². The van der Waals surface area contributed by atoms with Gasteiger partial charge in [-0.1, -0.05) is 24.3 Å². The lowest BCUT2D eigenvalue weighted by atomic mass is 10.0. The number of benzene rings is 2. The molecule has 2 aromatic carbocycles. The Morgan fingerprint density at radius 1 is 1.27 bits per heavy atom. The van der Waals surface area contributed by atoms with Crippen molar-refractivity contribution in [3.63, 3.8) is 0 Å². The molecule has 6 heteroatoms. The van der Waals surface area contributed by atoms with E-state index in [0.29, 0.717) is 6.54 Å². The number of rotatable bonds is 4. The highest BCUT2D eigenvalue weighted by molar-refractivity contribution is 5.93. The van der Waals surface area contributed by atoms with Crippen LogP contribution in [0.1, 0.15) is 22.7 Å². The van der Waals surface area contributed by atoms with E-state index in [1.54, 1.807) is 12.1 Å². The number of amides is 1. The first-order valence-corrected chi connectivity index (χ1v) is 8.60. The molecule has 1 heterocycles. The van der Waals surface area contributed by atoms with Gasteiger partial charge in [-0.3, -0.25) is 9.69 Å². The number of piperazine rings is 1. The zero-order valence-electron chi connectivity index (χ0n) is 15.1. The third-order valence-electron chi connectivity index (χ3n) is 4.60. The first-order valence-electron chi connectivity index (χ1n) is 8.60. The second-order valence-electron chi connectivity index (χ2n) is 6.61. The van der Waals surface area contributed by atoms with E-state index < -0.39 is 0 Å². The number of nitrogens with zero attached hydrogens (tertiary/aromatic N) is 1. The van der Waals surface area contributed by atoms with E-state index >= 15 is 0 Å². The van der Waals surface area contributed by atoms with Gasteiger partial charge in [-0.15, -0.1) is 12.4 Å². The average Bonchev–Trinajstić information content (AvgIpc) is 2.58. The number of aryl methyl sites for hydroxylation is 2. The quantitative estimate of drug-likeness (QED) is 0.857. The summed E-state index contributed by atoms with van der Waals surface area (Å²) in [4.78, 5) is 14.6. The standard InChI is InChI=1S/C20H24FN3O.ClH/c1-14-6-7-15(2)18(10-14)23-20(25)13-24-9-8-22-12-19(24)16-4-3-5-17(21)11-16;/h3-7,10-11,19,22H,8-9,12-13H2,1-2H3,(H,23,25);1H. The predicted molar refractivity (Wildman–Crippen MR) is 105 cm³/mol. The fourth-order valence-corrected chi connectivity index (χ4v) is 3.22. The topological polar surface area (TPSA) is 44.4 Å². The molecule has 1 aliphatic heterocycles. The third-order valence-corrected chi connectivity index (χ3v) is 4.60. The van der Waals surface area contributed by atoms with Crippen LogP contribution >= 0.6 is 12.4 Å². The molecule has 1 atom stereocenters. The number of nitrogens with one attached hydrogen (secondary N) is 2.